The van der Waals surface area contributed by atoms with E-state index in [1.165, 1.54) is 64.5 Å². The number of likely N-dealkylation sites (tertiary alicyclic amines) is 1. The highest BCUT2D eigenvalue weighted by molar-refractivity contribution is 4.95. The van der Waals surface area contributed by atoms with E-state index in [-0.39, 0.29) is 0 Å². The predicted molar refractivity (Wildman–Crippen MR) is 91.6 cm³/mol. The molecular formula is C19H34N2O2. The second kappa shape index (κ2) is 6.99. The summed E-state index contributed by atoms with van der Waals surface area (Å²) in [6.07, 6.45) is 11.8. The van der Waals surface area contributed by atoms with Gasteiger partial charge in [0.1, 0.15) is 0 Å². The van der Waals surface area contributed by atoms with Gasteiger partial charge in [0.05, 0.1) is 12.2 Å². The molecule has 2 saturated heterocycles. The largest absolute Gasteiger partial charge is 0.379 e. The van der Waals surface area contributed by atoms with E-state index in [0.29, 0.717) is 17.6 Å². The summed E-state index contributed by atoms with van der Waals surface area (Å²) < 4.78 is 11.7. The Hall–Kier alpha value is -0.160. The normalized spacial score (nSPS) is 42.4. The molecule has 4 rings (SSSR count). The molecular weight excluding hydrogens is 288 g/mol. The van der Waals surface area contributed by atoms with Crippen molar-refractivity contribution in [2.45, 2.75) is 69.6 Å². The lowest BCUT2D eigenvalue weighted by molar-refractivity contribution is -0.0636. The van der Waals surface area contributed by atoms with Crippen molar-refractivity contribution < 1.29 is 9.47 Å². The molecule has 2 unspecified atom stereocenters. The Morgan fingerprint density at radius 3 is 2.57 bits per heavy atom. The molecule has 0 aromatic carbocycles. The Bertz CT molecular complexity index is 383. The van der Waals surface area contributed by atoms with Crippen LogP contribution in [0.15, 0.2) is 0 Å². The highest BCUT2D eigenvalue weighted by Crippen LogP contribution is 2.44. The van der Waals surface area contributed by atoms with Gasteiger partial charge in [-0.1, -0.05) is 0 Å². The molecule has 2 aliphatic heterocycles. The van der Waals surface area contributed by atoms with E-state index >= 15 is 0 Å². The van der Waals surface area contributed by atoms with Gasteiger partial charge < -0.3 is 14.8 Å². The molecule has 0 aromatic rings. The van der Waals surface area contributed by atoms with E-state index in [4.69, 9.17) is 9.47 Å². The molecule has 2 aliphatic carbocycles. The van der Waals surface area contributed by atoms with Gasteiger partial charge in [-0.15, -0.1) is 0 Å². The molecule has 2 heterocycles. The van der Waals surface area contributed by atoms with Gasteiger partial charge in [-0.05, 0) is 69.2 Å². The molecule has 0 amide bonds. The van der Waals surface area contributed by atoms with Crippen molar-refractivity contribution in [3.8, 4) is 0 Å². The quantitative estimate of drug-likeness (QED) is 0.843. The molecule has 0 radical (unpaired) electrons. The van der Waals surface area contributed by atoms with Gasteiger partial charge >= 0.3 is 0 Å². The average molecular weight is 322 g/mol. The fraction of sp³-hybridized carbons (Fsp3) is 1.00. The smallest absolute Gasteiger partial charge is 0.0825 e. The number of ether oxygens (including phenoxy) is 2. The van der Waals surface area contributed by atoms with Crippen LogP contribution in [0.5, 0.6) is 0 Å². The topological polar surface area (TPSA) is 33.7 Å². The molecule has 4 aliphatic rings. The zero-order valence-corrected chi connectivity index (χ0v) is 14.8. The lowest BCUT2D eigenvalue weighted by atomic mass is 9.84. The maximum absolute atomic E-state index is 6.34. The average Bonchev–Trinajstić information content (AvgIpc) is 3.16. The lowest BCUT2D eigenvalue weighted by Crippen LogP contribution is -2.56. The molecule has 1 spiro atoms. The standard InChI is InChI=1S/C19H34N2O2/c1-22-18-11-21(12-18)16-4-2-15(3-5-16)13-23-17-6-7-19(10-17)8-9-20-14-19/h15-18,20H,2-14H2,1H3/t15-,16-,17?,19?. The van der Waals surface area contributed by atoms with Crippen LogP contribution in [0.25, 0.3) is 0 Å². The van der Waals surface area contributed by atoms with Crippen molar-refractivity contribution in [1.29, 1.82) is 0 Å². The van der Waals surface area contributed by atoms with Crippen LogP contribution in [0.4, 0.5) is 0 Å². The molecule has 0 aromatic heterocycles. The van der Waals surface area contributed by atoms with Crippen molar-refractivity contribution in [1.82, 2.24) is 10.2 Å². The van der Waals surface area contributed by atoms with Crippen LogP contribution < -0.4 is 5.32 Å². The second-order valence-corrected chi connectivity index (χ2v) is 8.61. The molecule has 4 fully saturated rings. The van der Waals surface area contributed by atoms with Gasteiger partial charge in [0.2, 0.25) is 0 Å². The highest BCUT2D eigenvalue weighted by Gasteiger charge is 2.42. The molecule has 0 bridgehead atoms. The number of nitrogens with one attached hydrogen (secondary N) is 1. The van der Waals surface area contributed by atoms with Gasteiger partial charge in [-0.3, -0.25) is 4.90 Å². The Balaban J connectivity index is 1.14. The van der Waals surface area contributed by atoms with Gasteiger partial charge in [0, 0.05) is 39.4 Å². The minimum Gasteiger partial charge on any atom is -0.379 e. The van der Waals surface area contributed by atoms with Crippen molar-refractivity contribution in [3.05, 3.63) is 0 Å². The Morgan fingerprint density at radius 2 is 1.87 bits per heavy atom. The maximum Gasteiger partial charge on any atom is 0.0825 e. The first-order chi connectivity index (χ1) is 11.3. The molecule has 132 valence electrons. The van der Waals surface area contributed by atoms with Crippen LogP contribution in [0.1, 0.15) is 51.4 Å². The Kier molecular flexibility index (Phi) is 4.96. The summed E-state index contributed by atoms with van der Waals surface area (Å²) in [5.74, 6) is 0.809. The fourth-order valence-electron chi connectivity index (χ4n) is 5.35. The van der Waals surface area contributed by atoms with E-state index in [0.717, 1.165) is 31.7 Å². The van der Waals surface area contributed by atoms with Crippen LogP contribution in [-0.2, 0) is 9.47 Å². The van der Waals surface area contributed by atoms with Gasteiger partial charge in [0.25, 0.3) is 0 Å². The summed E-state index contributed by atoms with van der Waals surface area (Å²) in [6.45, 7) is 5.77. The lowest BCUT2D eigenvalue weighted by Gasteiger charge is -2.46. The summed E-state index contributed by atoms with van der Waals surface area (Å²) in [4.78, 5) is 2.62. The summed E-state index contributed by atoms with van der Waals surface area (Å²) in [7, 11) is 1.84. The Labute approximate surface area is 141 Å². The van der Waals surface area contributed by atoms with Crippen molar-refractivity contribution >= 4 is 0 Å². The van der Waals surface area contributed by atoms with E-state index in [1.54, 1.807) is 0 Å². The highest BCUT2D eigenvalue weighted by atomic mass is 16.5. The third kappa shape index (κ3) is 3.60. The molecule has 23 heavy (non-hydrogen) atoms. The third-order valence-electron chi connectivity index (χ3n) is 7.10. The van der Waals surface area contributed by atoms with Crippen LogP contribution in [0.3, 0.4) is 0 Å². The zero-order chi connectivity index (χ0) is 15.7. The number of methoxy groups -OCH3 is 1. The minimum absolute atomic E-state index is 0.496. The molecule has 2 atom stereocenters. The van der Waals surface area contributed by atoms with Gasteiger partial charge in [-0.25, -0.2) is 0 Å². The summed E-state index contributed by atoms with van der Waals surface area (Å²) in [6, 6.07) is 0.817. The van der Waals surface area contributed by atoms with Crippen LogP contribution in [0.2, 0.25) is 0 Å². The number of nitrogens with zero attached hydrogens (tertiary/aromatic N) is 1. The minimum atomic E-state index is 0.496. The first-order valence-corrected chi connectivity index (χ1v) is 9.85. The first-order valence-electron chi connectivity index (χ1n) is 9.85. The van der Waals surface area contributed by atoms with Crippen LogP contribution in [-0.4, -0.2) is 63.0 Å². The summed E-state index contributed by atoms with van der Waals surface area (Å²) in [5, 5.41) is 3.55. The molecule has 1 N–H and O–H groups in total. The monoisotopic (exact) mass is 322 g/mol. The molecule has 4 nitrogen and oxygen atoms in total. The number of hydrogen-bond donors (Lipinski definition) is 1. The number of hydrogen-bond acceptors (Lipinski definition) is 4. The van der Waals surface area contributed by atoms with Crippen LogP contribution in [0, 0.1) is 11.3 Å². The van der Waals surface area contributed by atoms with E-state index in [1.807, 2.05) is 7.11 Å². The number of rotatable bonds is 5. The van der Waals surface area contributed by atoms with Crippen LogP contribution >= 0.6 is 0 Å². The van der Waals surface area contributed by atoms with Gasteiger partial charge in [-0.2, -0.15) is 0 Å². The SMILES string of the molecule is COC1CN([C@H]2CC[C@H](COC3CCC4(CCNC4)C3)CC2)C1. The van der Waals surface area contributed by atoms with Crippen molar-refractivity contribution in [2.24, 2.45) is 11.3 Å². The summed E-state index contributed by atoms with van der Waals surface area (Å²) >= 11 is 0. The predicted octanol–water partition coefficient (Wildman–Crippen LogP) is 2.42. The molecule has 4 heteroatoms. The second-order valence-electron chi connectivity index (χ2n) is 8.61. The maximum atomic E-state index is 6.34. The van der Waals surface area contributed by atoms with Crippen molar-refractivity contribution in [3.63, 3.8) is 0 Å². The fourth-order valence-corrected chi connectivity index (χ4v) is 5.35. The van der Waals surface area contributed by atoms with E-state index in [2.05, 4.69) is 10.2 Å². The summed E-state index contributed by atoms with van der Waals surface area (Å²) in [5.41, 5.74) is 0.595. The van der Waals surface area contributed by atoms with Gasteiger partial charge in [0.15, 0.2) is 0 Å². The third-order valence-corrected chi connectivity index (χ3v) is 7.10. The first kappa shape index (κ1) is 16.3. The van der Waals surface area contributed by atoms with Crippen molar-refractivity contribution in [2.75, 3.05) is 39.9 Å². The molecule has 2 saturated carbocycles. The Morgan fingerprint density at radius 1 is 1.04 bits per heavy atom. The van der Waals surface area contributed by atoms with E-state index < -0.39 is 0 Å². The zero-order valence-electron chi connectivity index (χ0n) is 14.8. The van der Waals surface area contributed by atoms with E-state index in [9.17, 15) is 0 Å².